The van der Waals surface area contributed by atoms with Crippen LogP contribution in [0.5, 0.6) is 0 Å². The zero-order valence-corrected chi connectivity index (χ0v) is 7.96. The molecule has 1 N–H and O–H groups in total. The van der Waals surface area contributed by atoms with Crippen LogP contribution in [0.15, 0.2) is 18.5 Å². The van der Waals surface area contributed by atoms with Gasteiger partial charge in [-0.15, -0.1) is 0 Å². The van der Waals surface area contributed by atoms with Crippen molar-refractivity contribution in [1.29, 1.82) is 0 Å². The molecule has 68 valence electrons. The molecule has 0 bridgehead atoms. The van der Waals surface area contributed by atoms with E-state index in [9.17, 15) is 0 Å². The van der Waals surface area contributed by atoms with Gasteiger partial charge in [-0.05, 0) is 30.2 Å². The van der Waals surface area contributed by atoms with E-state index in [1.807, 2.05) is 6.20 Å². The number of hydrogen-bond donors (Lipinski definition) is 1. The first-order valence-electron chi connectivity index (χ1n) is 5.06. The summed E-state index contributed by atoms with van der Waals surface area (Å²) in [5.74, 6) is 0.724. The summed E-state index contributed by atoms with van der Waals surface area (Å²) in [6.45, 7) is 0. The second kappa shape index (κ2) is 2.87. The minimum atomic E-state index is 0.724. The van der Waals surface area contributed by atoms with Crippen LogP contribution in [0.4, 0.5) is 0 Å². The molecule has 0 unspecified atom stereocenters. The number of rotatable bonds is 1. The van der Waals surface area contributed by atoms with Crippen LogP contribution in [-0.2, 0) is 0 Å². The molecule has 1 fully saturated rings. The van der Waals surface area contributed by atoms with Crippen molar-refractivity contribution in [2.24, 2.45) is 0 Å². The quantitative estimate of drug-likeness (QED) is 0.667. The molecule has 0 spiro atoms. The summed E-state index contributed by atoms with van der Waals surface area (Å²) in [6, 6.07) is 2.18. The molecule has 1 saturated carbocycles. The highest BCUT2D eigenvalue weighted by Crippen LogP contribution is 2.36. The molecule has 2 radical (unpaired) electrons. The Hall–Kier alpha value is -1.25. The summed E-state index contributed by atoms with van der Waals surface area (Å²) in [7, 11) is 5.85. The third-order valence-electron chi connectivity index (χ3n) is 3.14. The highest BCUT2D eigenvalue weighted by molar-refractivity contribution is 6.38. The van der Waals surface area contributed by atoms with Gasteiger partial charge in [-0.1, -0.05) is 11.9 Å². The molecule has 2 aromatic heterocycles. The van der Waals surface area contributed by atoms with Crippen molar-refractivity contribution in [2.75, 3.05) is 0 Å². The number of pyridine rings is 1. The maximum absolute atomic E-state index is 5.85. The Morgan fingerprint density at radius 2 is 2.21 bits per heavy atom. The SMILES string of the molecule is [B]c1cncc2[nH]c(C3CCC3)cc12. The van der Waals surface area contributed by atoms with Gasteiger partial charge in [0, 0.05) is 11.9 Å². The van der Waals surface area contributed by atoms with Crippen LogP contribution >= 0.6 is 0 Å². The number of fused-ring (bicyclic) bond motifs is 1. The monoisotopic (exact) mass is 182 g/mol. The Morgan fingerprint density at radius 1 is 1.36 bits per heavy atom. The lowest BCUT2D eigenvalue weighted by Gasteiger charge is -2.23. The molecule has 3 rings (SSSR count). The average molecular weight is 182 g/mol. The fourth-order valence-corrected chi connectivity index (χ4v) is 2.03. The van der Waals surface area contributed by atoms with Crippen LogP contribution in [-0.4, -0.2) is 17.8 Å². The van der Waals surface area contributed by atoms with Gasteiger partial charge in [-0.25, -0.2) is 0 Å². The molecule has 1 aliphatic carbocycles. The van der Waals surface area contributed by atoms with Crippen molar-refractivity contribution in [1.82, 2.24) is 9.97 Å². The number of aromatic nitrogens is 2. The predicted octanol–water partition coefficient (Wildman–Crippen LogP) is 1.62. The molecule has 0 aliphatic heterocycles. The smallest absolute Gasteiger partial charge is 0.116 e. The van der Waals surface area contributed by atoms with Gasteiger partial charge in [-0.3, -0.25) is 4.98 Å². The number of nitrogens with zero attached hydrogens (tertiary/aromatic N) is 1. The number of H-pyrrole nitrogens is 1. The Bertz CT molecular complexity index is 471. The normalized spacial score (nSPS) is 17.1. The molecular formula is C11H11BN2. The van der Waals surface area contributed by atoms with Crippen molar-refractivity contribution < 1.29 is 0 Å². The minimum absolute atomic E-state index is 0.724. The summed E-state index contributed by atoms with van der Waals surface area (Å²) >= 11 is 0. The first kappa shape index (κ1) is 8.10. The van der Waals surface area contributed by atoms with Gasteiger partial charge in [0.25, 0.3) is 0 Å². The molecule has 2 nitrogen and oxygen atoms in total. The average Bonchev–Trinajstić information content (AvgIpc) is 2.46. The van der Waals surface area contributed by atoms with Crippen LogP contribution in [0.2, 0.25) is 0 Å². The number of nitrogens with one attached hydrogen (secondary N) is 1. The highest BCUT2D eigenvalue weighted by Gasteiger charge is 2.21. The van der Waals surface area contributed by atoms with E-state index in [0.717, 1.165) is 22.3 Å². The van der Waals surface area contributed by atoms with E-state index >= 15 is 0 Å². The Kier molecular flexibility index (Phi) is 1.66. The second-order valence-electron chi connectivity index (χ2n) is 4.04. The van der Waals surface area contributed by atoms with Gasteiger partial charge in [0.1, 0.15) is 7.85 Å². The van der Waals surface area contributed by atoms with E-state index < -0.39 is 0 Å². The van der Waals surface area contributed by atoms with Crippen LogP contribution < -0.4 is 5.46 Å². The van der Waals surface area contributed by atoms with E-state index in [1.165, 1.54) is 25.0 Å². The van der Waals surface area contributed by atoms with E-state index in [0.29, 0.717) is 0 Å². The Morgan fingerprint density at radius 3 is 2.86 bits per heavy atom. The first-order valence-corrected chi connectivity index (χ1v) is 5.06. The summed E-state index contributed by atoms with van der Waals surface area (Å²) in [5, 5.41) is 1.11. The van der Waals surface area contributed by atoms with Crippen LogP contribution in [0.1, 0.15) is 30.9 Å². The zero-order chi connectivity index (χ0) is 9.54. The van der Waals surface area contributed by atoms with Crippen LogP contribution in [0, 0.1) is 0 Å². The van der Waals surface area contributed by atoms with Crippen LogP contribution in [0.3, 0.4) is 0 Å². The third-order valence-corrected chi connectivity index (χ3v) is 3.14. The Labute approximate surface area is 84.1 Å². The van der Waals surface area contributed by atoms with E-state index in [-0.39, 0.29) is 0 Å². The van der Waals surface area contributed by atoms with E-state index in [2.05, 4.69) is 16.0 Å². The first-order chi connectivity index (χ1) is 6.84. The molecule has 2 aromatic rings. The third kappa shape index (κ3) is 1.08. The van der Waals surface area contributed by atoms with Crippen molar-refractivity contribution in [2.45, 2.75) is 25.2 Å². The molecule has 0 atom stereocenters. The van der Waals surface area contributed by atoms with Gasteiger partial charge < -0.3 is 4.98 Å². The van der Waals surface area contributed by atoms with Gasteiger partial charge in [0.15, 0.2) is 0 Å². The molecule has 0 amide bonds. The highest BCUT2D eigenvalue weighted by atomic mass is 14.8. The number of aromatic amines is 1. The number of hydrogen-bond acceptors (Lipinski definition) is 1. The summed E-state index contributed by atoms with van der Waals surface area (Å²) < 4.78 is 0. The van der Waals surface area contributed by atoms with Crippen LogP contribution in [0.25, 0.3) is 10.9 Å². The largest absolute Gasteiger partial charge is 0.357 e. The lowest BCUT2D eigenvalue weighted by molar-refractivity contribution is 0.413. The van der Waals surface area contributed by atoms with Crippen molar-refractivity contribution >= 4 is 24.2 Å². The molecule has 0 saturated heterocycles. The van der Waals surface area contributed by atoms with Gasteiger partial charge in [-0.2, -0.15) is 0 Å². The second-order valence-corrected chi connectivity index (χ2v) is 4.04. The fraction of sp³-hybridized carbons (Fsp3) is 0.364. The van der Waals surface area contributed by atoms with Gasteiger partial charge >= 0.3 is 0 Å². The topological polar surface area (TPSA) is 28.7 Å². The predicted molar refractivity (Wildman–Crippen MR) is 58.1 cm³/mol. The van der Waals surface area contributed by atoms with Crippen molar-refractivity contribution in [3.05, 3.63) is 24.2 Å². The van der Waals surface area contributed by atoms with Crippen molar-refractivity contribution in [3.63, 3.8) is 0 Å². The van der Waals surface area contributed by atoms with Crippen molar-refractivity contribution in [3.8, 4) is 0 Å². The molecule has 14 heavy (non-hydrogen) atoms. The van der Waals surface area contributed by atoms with E-state index in [1.54, 1.807) is 6.20 Å². The molecular weight excluding hydrogens is 171 g/mol. The minimum Gasteiger partial charge on any atom is -0.357 e. The maximum atomic E-state index is 5.85. The molecule has 2 heterocycles. The molecule has 0 aromatic carbocycles. The van der Waals surface area contributed by atoms with Gasteiger partial charge in [0.2, 0.25) is 0 Å². The molecule has 3 heteroatoms. The maximum Gasteiger partial charge on any atom is 0.116 e. The Balaban J connectivity index is 2.15. The zero-order valence-electron chi connectivity index (χ0n) is 7.96. The summed E-state index contributed by atoms with van der Waals surface area (Å²) in [6.07, 6.45) is 7.52. The lowest BCUT2D eigenvalue weighted by atomic mass is 9.83. The summed E-state index contributed by atoms with van der Waals surface area (Å²) in [5.41, 5.74) is 3.15. The fourth-order valence-electron chi connectivity index (χ4n) is 2.03. The molecule has 1 aliphatic rings. The van der Waals surface area contributed by atoms with Gasteiger partial charge in [0.05, 0.1) is 11.7 Å². The summed E-state index contributed by atoms with van der Waals surface area (Å²) in [4.78, 5) is 7.47. The lowest BCUT2D eigenvalue weighted by Crippen LogP contribution is -2.08. The van der Waals surface area contributed by atoms with E-state index in [4.69, 9.17) is 7.85 Å². The standard InChI is InChI=1S/C11H11BN2/c12-9-5-13-6-11-8(9)4-10(14-11)7-2-1-3-7/h4-7,14H,1-3H2.